The van der Waals surface area contributed by atoms with Gasteiger partial charge in [-0.15, -0.1) is 0 Å². The van der Waals surface area contributed by atoms with Gasteiger partial charge in [-0.3, -0.25) is 0 Å². The zero-order valence-corrected chi connectivity index (χ0v) is 12.4. The van der Waals surface area contributed by atoms with E-state index in [1.807, 2.05) is 60.7 Å². The van der Waals surface area contributed by atoms with Crippen LogP contribution in [0.1, 0.15) is 24.1 Å². The first-order valence-electron chi connectivity index (χ1n) is 7.39. The molecule has 1 aliphatic heterocycles. The van der Waals surface area contributed by atoms with E-state index in [4.69, 9.17) is 4.74 Å². The summed E-state index contributed by atoms with van der Waals surface area (Å²) in [6.07, 6.45) is 0. The number of hydrogen-bond acceptors (Lipinski definition) is 3. The molecular weight excluding hydrogens is 281 g/mol. The maximum absolute atomic E-state index is 15.2. The van der Waals surface area contributed by atoms with Gasteiger partial charge in [-0.25, -0.2) is 14.1 Å². The molecule has 3 rings (SSSR count). The molecule has 0 amide bonds. The Hall–Kier alpha value is -2.20. The van der Waals surface area contributed by atoms with Crippen molar-refractivity contribution < 1.29 is 13.9 Å². The van der Waals surface area contributed by atoms with Crippen LogP contribution in [0.15, 0.2) is 60.7 Å². The third kappa shape index (κ3) is 2.50. The Morgan fingerprint density at radius 1 is 1.14 bits per heavy atom. The molecule has 0 N–H and O–H groups in total. The van der Waals surface area contributed by atoms with E-state index in [9.17, 15) is 4.79 Å². The summed E-state index contributed by atoms with van der Waals surface area (Å²) in [6, 6.07) is 18.2. The van der Waals surface area contributed by atoms with Crippen molar-refractivity contribution in [2.75, 3.05) is 6.61 Å². The number of benzene rings is 2. The van der Waals surface area contributed by atoms with E-state index in [1.165, 1.54) is 4.90 Å². The average Bonchev–Trinajstić information content (AvgIpc) is 3.15. The largest absolute Gasteiger partial charge is 0.463 e. The van der Waals surface area contributed by atoms with Gasteiger partial charge in [-0.05, 0) is 18.1 Å². The van der Waals surface area contributed by atoms with E-state index in [0.29, 0.717) is 6.54 Å². The molecule has 2 aromatic carbocycles. The van der Waals surface area contributed by atoms with Crippen molar-refractivity contribution in [3.05, 3.63) is 71.8 Å². The highest BCUT2D eigenvalue weighted by molar-refractivity contribution is 5.84. The van der Waals surface area contributed by atoms with Crippen LogP contribution in [0.3, 0.4) is 0 Å². The number of esters is 1. The van der Waals surface area contributed by atoms with Crippen molar-refractivity contribution in [3.8, 4) is 0 Å². The second kappa shape index (κ2) is 5.89. The van der Waals surface area contributed by atoms with Gasteiger partial charge in [0, 0.05) is 6.54 Å². The van der Waals surface area contributed by atoms with Gasteiger partial charge in [-0.2, -0.15) is 0 Å². The molecule has 1 fully saturated rings. The van der Waals surface area contributed by atoms with E-state index >= 15 is 4.39 Å². The summed E-state index contributed by atoms with van der Waals surface area (Å²) in [4.78, 5) is 13.6. The predicted octanol–water partition coefficient (Wildman–Crippen LogP) is 3.47. The van der Waals surface area contributed by atoms with Gasteiger partial charge >= 0.3 is 5.97 Å². The molecule has 0 saturated carbocycles. The van der Waals surface area contributed by atoms with Gasteiger partial charge in [0.2, 0.25) is 0 Å². The van der Waals surface area contributed by atoms with Crippen LogP contribution in [-0.4, -0.2) is 23.3 Å². The molecule has 22 heavy (non-hydrogen) atoms. The topological polar surface area (TPSA) is 29.3 Å². The molecule has 3 atom stereocenters. The van der Waals surface area contributed by atoms with Crippen LogP contribution in [0.25, 0.3) is 0 Å². The number of nitrogens with zero attached hydrogens (tertiary/aromatic N) is 1. The fourth-order valence-corrected chi connectivity index (χ4v) is 2.80. The Morgan fingerprint density at radius 3 is 2.32 bits per heavy atom. The molecule has 0 radical (unpaired) electrons. The molecule has 0 aliphatic carbocycles. The smallest absolute Gasteiger partial charge is 0.361 e. The highest BCUT2D eigenvalue weighted by Gasteiger charge is 2.71. The summed E-state index contributed by atoms with van der Waals surface area (Å²) in [5.74, 6) is -2.88. The lowest BCUT2D eigenvalue weighted by molar-refractivity contribution is -0.153. The summed E-state index contributed by atoms with van der Waals surface area (Å²) in [5.41, 5.74) is 1.75. The first kappa shape index (κ1) is 14.7. The first-order valence-corrected chi connectivity index (χ1v) is 7.39. The van der Waals surface area contributed by atoms with E-state index in [0.717, 1.165) is 11.1 Å². The molecular formula is C18H18FNO2. The summed E-state index contributed by atoms with van der Waals surface area (Å²) >= 11 is 0. The van der Waals surface area contributed by atoms with Crippen LogP contribution in [-0.2, 0) is 16.1 Å². The Morgan fingerprint density at radius 2 is 1.73 bits per heavy atom. The van der Waals surface area contributed by atoms with Crippen molar-refractivity contribution in [2.24, 2.45) is 0 Å². The molecule has 4 heteroatoms. The van der Waals surface area contributed by atoms with Gasteiger partial charge in [0.05, 0.1) is 12.6 Å². The standard InChI is InChI=1S/C18H18FNO2/c1-2-22-17(21)18(19)16(15-11-7-4-8-12-15)20(18)13-14-9-5-3-6-10-14/h3-12,16H,2,13H2,1H3. The van der Waals surface area contributed by atoms with Crippen molar-refractivity contribution >= 4 is 5.97 Å². The molecule has 0 bridgehead atoms. The van der Waals surface area contributed by atoms with E-state index in [1.54, 1.807) is 6.92 Å². The highest BCUT2D eigenvalue weighted by Crippen LogP contribution is 2.56. The van der Waals surface area contributed by atoms with Gasteiger partial charge in [-0.1, -0.05) is 60.7 Å². The number of rotatable bonds is 5. The van der Waals surface area contributed by atoms with Crippen LogP contribution in [0.2, 0.25) is 0 Å². The maximum Gasteiger partial charge on any atom is 0.361 e. The van der Waals surface area contributed by atoms with Crippen LogP contribution in [0.4, 0.5) is 4.39 Å². The quantitative estimate of drug-likeness (QED) is 0.481. The van der Waals surface area contributed by atoms with Crippen molar-refractivity contribution in [1.82, 2.24) is 4.90 Å². The fraction of sp³-hybridized carbons (Fsp3) is 0.278. The third-order valence-electron chi connectivity index (χ3n) is 3.90. The summed E-state index contributed by atoms with van der Waals surface area (Å²) in [6.45, 7) is 2.23. The lowest BCUT2D eigenvalue weighted by Crippen LogP contribution is -2.27. The zero-order valence-electron chi connectivity index (χ0n) is 12.4. The predicted molar refractivity (Wildman–Crippen MR) is 81.6 cm³/mol. The molecule has 3 nitrogen and oxygen atoms in total. The van der Waals surface area contributed by atoms with Crippen LogP contribution < -0.4 is 0 Å². The number of hydrogen-bond donors (Lipinski definition) is 0. The van der Waals surface area contributed by atoms with Gasteiger partial charge in [0.25, 0.3) is 5.79 Å². The van der Waals surface area contributed by atoms with E-state index < -0.39 is 17.8 Å². The number of alkyl halides is 1. The third-order valence-corrected chi connectivity index (χ3v) is 3.90. The lowest BCUT2D eigenvalue weighted by Gasteiger charge is -2.07. The zero-order chi connectivity index (χ0) is 15.6. The van der Waals surface area contributed by atoms with Gasteiger partial charge in [0.15, 0.2) is 0 Å². The normalized spacial score (nSPS) is 26.5. The lowest BCUT2D eigenvalue weighted by atomic mass is 10.1. The van der Waals surface area contributed by atoms with Crippen molar-refractivity contribution in [1.29, 1.82) is 0 Å². The van der Waals surface area contributed by atoms with Gasteiger partial charge < -0.3 is 4.74 Å². The Bertz CT molecular complexity index is 647. The molecule has 2 aromatic rings. The molecule has 0 spiro atoms. The number of ether oxygens (including phenoxy) is 1. The van der Waals surface area contributed by atoms with E-state index in [2.05, 4.69) is 0 Å². The van der Waals surface area contributed by atoms with Crippen molar-refractivity contribution in [2.45, 2.75) is 25.3 Å². The molecule has 1 saturated heterocycles. The molecule has 3 unspecified atom stereocenters. The number of halogens is 1. The molecule has 1 aliphatic rings. The Balaban J connectivity index is 1.87. The Labute approximate surface area is 129 Å². The SMILES string of the molecule is CCOC(=O)C1(F)C(c2ccccc2)N1Cc1ccccc1. The molecule has 1 heterocycles. The Kier molecular flexibility index (Phi) is 3.94. The van der Waals surface area contributed by atoms with Crippen molar-refractivity contribution in [3.63, 3.8) is 0 Å². The second-order valence-electron chi connectivity index (χ2n) is 5.32. The first-order chi connectivity index (χ1) is 10.7. The van der Waals surface area contributed by atoms with Crippen LogP contribution in [0, 0.1) is 0 Å². The second-order valence-corrected chi connectivity index (χ2v) is 5.32. The van der Waals surface area contributed by atoms with E-state index in [-0.39, 0.29) is 6.61 Å². The summed E-state index contributed by atoms with van der Waals surface area (Å²) in [5, 5.41) is 0. The molecule has 114 valence electrons. The minimum absolute atomic E-state index is 0.172. The minimum atomic E-state index is -2.08. The highest BCUT2D eigenvalue weighted by atomic mass is 19.2. The molecule has 0 aromatic heterocycles. The number of carbonyl (C=O) groups is 1. The minimum Gasteiger partial charge on any atom is -0.463 e. The fourth-order valence-electron chi connectivity index (χ4n) is 2.80. The number of carbonyl (C=O) groups excluding carboxylic acids is 1. The summed E-state index contributed by atoms with van der Waals surface area (Å²) < 4.78 is 20.2. The average molecular weight is 299 g/mol. The monoisotopic (exact) mass is 299 g/mol. The maximum atomic E-state index is 15.2. The van der Waals surface area contributed by atoms with Gasteiger partial charge in [0.1, 0.15) is 0 Å². The van der Waals surface area contributed by atoms with Crippen LogP contribution >= 0.6 is 0 Å². The van der Waals surface area contributed by atoms with Crippen LogP contribution in [0.5, 0.6) is 0 Å². The summed E-state index contributed by atoms with van der Waals surface area (Å²) in [7, 11) is 0.